The van der Waals surface area contributed by atoms with E-state index in [1.54, 1.807) is 0 Å². The highest BCUT2D eigenvalue weighted by molar-refractivity contribution is 5.87. The second-order valence-corrected chi connectivity index (χ2v) is 31.6. The van der Waals surface area contributed by atoms with Gasteiger partial charge in [-0.05, 0) is 202 Å². The topological polar surface area (TPSA) is 238 Å². The van der Waals surface area contributed by atoms with Gasteiger partial charge in [0.25, 0.3) is 0 Å². The van der Waals surface area contributed by atoms with E-state index in [1.165, 1.54) is 0 Å². The smallest absolute Gasteiger partial charge is 0.319 e. The summed E-state index contributed by atoms with van der Waals surface area (Å²) < 4.78 is 19.6. The Hall–Kier alpha value is -2.88. The molecule has 448 valence electrons. The van der Waals surface area contributed by atoms with Crippen LogP contribution in [-0.4, -0.2) is 109 Å². The van der Waals surface area contributed by atoms with Gasteiger partial charge in [-0.3, -0.25) is 19.2 Å². The highest BCUT2D eigenvalue weighted by atomic mass is 16.7. The first-order valence-corrected chi connectivity index (χ1v) is 31.6. The van der Waals surface area contributed by atoms with Crippen molar-refractivity contribution in [2.24, 2.45) is 113 Å². The molecule has 0 amide bonds. The van der Waals surface area contributed by atoms with Gasteiger partial charge in [-0.2, -0.15) is 0 Å². The number of carbonyl (C=O) groups excluding carboxylic acids is 2. The molecule has 8 saturated carbocycles. The van der Waals surface area contributed by atoms with E-state index in [0.717, 1.165) is 49.7 Å². The molecule has 0 bridgehead atoms. The average Bonchev–Trinajstić information content (AvgIpc) is 3.39. The van der Waals surface area contributed by atoms with Crippen LogP contribution in [0.25, 0.3) is 0 Å². The van der Waals surface area contributed by atoms with Crippen molar-refractivity contribution in [3.63, 3.8) is 0 Å². The molecule has 0 radical (unpaired) electrons. The van der Waals surface area contributed by atoms with Gasteiger partial charge in [0.05, 0.1) is 34.4 Å². The lowest BCUT2D eigenvalue weighted by molar-refractivity contribution is -0.299. The van der Waals surface area contributed by atoms with Crippen LogP contribution in [0.2, 0.25) is 0 Å². The third-order valence-electron chi connectivity index (χ3n) is 28.7. The highest BCUT2D eigenvalue weighted by Gasteiger charge is 2.77. The van der Waals surface area contributed by atoms with E-state index in [2.05, 4.69) is 95.2 Å². The van der Waals surface area contributed by atoms with Crippen molar-refractivity contribution in [1.82, 2.24) is 0 Å². The van der Waals surface area contributed by atoms with Crippen LogP contribution in [0.3, 0.4) is 0 Å². The molecular weight excluding hydrogens is 1020 g/mol. The van der Waals surface area contributed by atoms with Crippen molar-refractivity contribution in [3.05, 3.63) is 23.3 Å². The lowest BCUT2D eigenvalue weighted by atomic mass is 9.32. The van der Waals surface area contributed by atoms with Crippen molar-refractivity contribution in [2.75, 3.05) is 6.61 Å². The molecule has 25 unspecified atom stereocenters. The van der Waals surface area contributed by atoms with Gasteiger partial charge >= 0.3 is 23.9 Å². The number of rotatable bonds is 7. The van der Waals surface area contributed by atoms with Gasteiger partial charge in [-0.15, -0.1) is 0 Å². The summed E-state index contributed by atoms with van der Waals surface area (Å²) in [6.45, 7) is 26.4. The summed E-state index contributed by atoms with van der Waals surface area (Å²) in [4.78, 5) is 60.1. The van der Waals surface area contributed by atoms with Crippen LogP contribution in [0.4, 0.5) is 0 Å². The molecule has 11 rings (SSSR count). The Bertz CT molecular complexity index is 2590. The van der Waals surface area contributed by atoms with E-state index in [9.17, 15) is 45.3 Å². The summed E-state index contributed by atoms with van der Waals surface area (Å²) in [7, 11) is 0. The Labute approximate surface area is 476 Å². The number of carbonyl (C=O) groups is 4. The maximum absolute atomic E-state index is 16.6. The molecule has 25 atom stereocenters. The van der Waals surface area contributed by atoms with Crippen LogP contribution in [0.15, 0.2) is 23.3 Å². The molecule has 9 fully saturated rings. The number of aliphatic carboxylic acids is 2. The average molecular weight is 1120 g/mol. The minimum atomic E-state index is -1.81. The summed E-state index contributed by atoms with van der Waals surface area (Å²) in [6.07, 6.45) is 6.57. The van der Waals surface area contributed by atoms with Gasteiger partial charge < -0.3 is 50.0 Å². The lowest BCUT2D eigenvalue weighted by Crippen LogP contribution is -2.69. The molecular formula is C66H100O14. The number of carboxylic acids is 2. The summed E-state index contributed by atoms with van der Waals surface area (Å²) in [5.74, 6) is -2.48. The Kier molecular flexibility index (Phi) is 14.0. The minimum Gasteiger partial charge on any atom is -0.481 e. The number of hydrogen-bond donors (Lipinski definition) is 7. The van der Waals surface area contributed by atoms with Gasteiger partial charge in [-0.1, -0.05) is 106 Å². The van der Waals surface area contributed by atoms with Crippen molar-refractivity contribution >= 4 is 23.9 Å². The highest BCUT2D eigenvalue weighted by Crippen LogP contribution is 2.79. The second-order valence-electron chi connectivity index (χ2n) is 31.6. The molecule has 0 aromatic rings. The number of aliphatic hydroxyl groups excluding tert-OH is 5. The molecule has 0 spiro atoms. The molecule has 11 aliphatic rings. The molecule has 10 aliphatic carbocycles. The number of carboxylic acid groups (broad SMARTS) is 2. The monoisotopic (exact) mass is 1120 g/mol. The molecule has 1 saturated heterocycles. The van der Waals surface area contributed by atoms with Crippen molar-refractivity contribution in [3.8, 4) is 0 Å². The van der Waals surface area contributed by atoms with Crippen molar-refractivity contribution in [2.45, 2.75) is 242 Å². The fourth-order valence-corrected chi connectivity index (χ4v) is 23.7. The number of hydrogen-bond acceptors (Lipinski definition) is 12. The molecule has 0 aromatic carbocycles. The lowest BCUT2D eigenvalue weighted by Gasteiger charge is -2.71. The first-order chi connectivity index (χ1) is 37.3. The summed E-state index contributed by atoms with van der Waals surface area (Å²) in [5.41, 5.74) is -5.35. The molecule has 14 heteroatoms. The molecule has 1 aliphatic heterocycles. The van der Waals surface area contributed by atoms with Crippen molar-refractivity contribution in [1.29, 1.82) is 0 Å². The van der Waals surface area contributed by atoms with Crippen LogP contribution in [-0.2, 0) is 33.4 Å². The van der Waals surface area contributed by atoms with E-state index in [4.69, 9.17) is 14.2 Å². The molecule has 7 N–H and O–H groups in total. The van der Waals surface area contributed by atoms with E-state index >= 15 is 9.59 Å². The Morgan fingerprint density at radius 1 is 0.525 bits per heavy atom. The largest absolute Gasteiger partial charge is 0.481 e. The zero-order chi connectivity index (χ0) is 58.2. The fourth-order valence-electron chi connectivity index (χ4n) is 23.7. The van der Waals surface area contributed by atoms with Crippen molar-refractivity contribution < 1.29 is 69.1 Å². The SMILES string of the molecule is CC1CCC2(C(=O)O)CCC3(C(=O)OC4CCC5(C)C(CCC6(C)C5CC=C5C7C(C)C(C)CCC7(C(=O)O)CCC56C(=O)OC5OC(CO)C(O)C(O)C5O)C4(C)C)C(=CCC4C5(C)CCC(O)C(C)(C)C5CCC43C)C2C1C. The van der Waals surface area contributed by atoms with E-state index < -0.39 is 117 Å². The van der Waals surface area contributed by atoms with E-state index in [0.29, 0.717) is 64.2 Å². The quantitative estimate of drug-likeness (QED) is 0.0928. The van der Waals surface area contributed by atoms with Crippen LogP contribution < -0.4 is 0 Å². The summed E-state index contributed by atoms with van der Waals surface area (Å²) in [5, 5.41) is 77.2. The number of ether oxygens (including phenoxy) is 3. The summed E-state index contributed by atoms with van der Waals surface area (Å²) in [6, 6.07) is 0. The second kappa shape index (κ2) is 19.1. The van der Waals surface area contributed by atoms with Gasteiger partial charge in [-0.25, -0.2) is 0 Å². The minimum absolute atomic E-state index is 0.0288. The van der Waals surface area contributed by atoms with Gasteiger partial charge in [0.1, 0.15) is 30.5 Å². The first-order valence-electron chi connectivity index (χ1n) is 31.6. The zero-order valence-electron chi connectivity index (χ0n) is 50.4. The van der Waals surface area contributed by atoms with Crippen LogP contribution in [0.5, 0.6) is 0 Å². The molecule has 0 aromatic heterocycles. The fraction of sp³-hybridized carbons (Fsp3) is 0.879. The van der Waals surface area contributed by atoms with E-state index in [-0.39, 0.29) is 82.9 Å². The Morgan fingerprint density at radius 2 is 0.975 bits per heavy atom. The zero-order valence-corrected chi connectivity index (χ0v) is 50.4. The van der Waals surface area contributed by atoms with Crippen LogP contribution in [0.1, 0.15) is 199 Å². The van der Waals surface area contributed by atoms with Crippen LogP contribution in [0, 0.1) is 113 Å². The Morgan fingerprint density at radius 3 is 1.44 bits per heavy atom. The third kappa shape index (κ3) is 7.34. The van der Waals surface area contributed by atoms with Gasteiger partial charge in [0.15, 0.2) is 0 Å². The number of esters is 2. The predicted molar refractivity (Wildman–Crippen MR) is 298 cm³/mol. The first kappa shape index (κ1) is 58.9. The maximum atomic E-state index is 16.6. The molecule has 80 heavy (non-hydrogen) atoms. The normalized spacial score (nSPS) is 53.6. The number of allylic oxidation sites excluding steroid dienone is 2. The molecule has 14 nitrogen and oxygen atoms in total. The number of aliphatic hydroxyl groups is 5. The standard InChI is InChI=1S/C66H100O14/c1-34-17-27-63(53(72)73)29-31-65(38(47(63)36(34)3)13-15-43-59(9)23-21-45(68)57(5,6)41(59)19-25-61(43,65)11)55(76)79-46-22-24-60(10)42(58(46,7)8)20-26-62(12)44(60)16-14-39-48-37(4)35(2)18-28-64(48,54(74)75)30-32-66(39,62)56(77)80-52-51(71)50(70)49(69)40(33-67)78-52/h13-14,34-37,40-52,67-71H,15-33H2,1-12H3,(H,72,73)(H,74,75). The Balaban J connectivity index is 0.965. The predicted octanol–water partition coefficient (Wildman–Crippen LogP) is 10.0. The van der Waals surface area contributed by atoms with Gasteiger partial charge in [0, 0.05) is 5.41 Å². The van der Waals surface area contributed by atoms with Crippen LogP contribution >= 0.6 is 0 Å². The van der Waals surface area contributed by atoms with Gasteiger partial charge in [0.2, 0.25) is 6.29 Å². The summed E-state index contributed by atoms with van der Waals surface area (Å²) >= 11 is 0. The van der Waals surface area contributed by atoms with E-state index in [1.807, 2.05) is 0 Å². The number of fused-ring (bicyclic) bond motifs is 14. The third-order valence-corrected chi connectivity index (χ3v) is 28.7. The maximum Gasteiger partial charge on any atom is 0.319 e. The molecule has 1 heterocycles.